The third-order valence-electron chi connectivity index (χ3n) is 4.88. The molecule has 8 heteroatoms. The number of thiazole rings is 1. The molecular weight excluding hydrogens is 448 g/mol. The molecule has 0 fully saturated rings. The van der Waals surface area contributed by atoms with Gasteiger partial charge in [-0.2, -0.15) is 0 Å². The Hall–Kier alpha value is -2.35. The van der Waals surface area contributed by atoms with Gasteiger partial charge in [0.1, 0.15) is 10.8 Å². The summed E-state index contributed by atoms with van der Waals surface area (Å²) in [6.07, 6.45) is -0.240. The van der Waals surface area contributed by atoms with E-state index in [1.807, 2.05) is 62.7 Å². The number of halogens is 1. The summed E-state index contributed by atoms with van der Waals surface area (Å²) in [5, 5.41) is 13.5. The second-order valence-corrected chi connectivity index (χ2v) is 9.51. The van der Waals surface area contributed by atoms with E-state index in [0.29, 0.717) is 0 Å². The van der Waals surface area contributed by atoms with E-state index in [0.717, 1.165) is 54.9 Å². The third kappa shape index (κ3) is 4.95. The van der Waals surface area contributed by atoms with E-state index < -0.39 is 0 Å². The predicted octanol–water partition coefficient (Wildman–Crippen LogP) is 6.64. The summed E-state index contributed by atoms with van der Waals surface area (Å²) >= 11 is 9.54. The number of nitrogens with zero attached hydrogens (tertiary/aromatic N) is 4. The lowest BCUT2D eigenvalue weighted by Crippen LogP contribution is -2.10. The van der Waals surface area contributed by atoms with Crippen LogP contribution in [0.1, 0.15) is 35.7 Å². The van der Waals surface area contributed by atoms with Gasteiger partial charge in [-0.25, -0.2) is 4.98 Å². The number of aryl methyl sites for hydroxylation is 2. The van der Waals surface area contributed by atoms with Crippen molar-refractivity contribution in [1.82, 2.24) is 19.7 Å². The molecular formula is C23H23ClN4OS2. The molecule has 2 aromatic heterocycles. The third-order valence-corrected chi connectivity index (χ3v) is 7.47. The minimum Gasteiger partial charge on any atom is -0.483 e. The van der Waals surface area contributed by atoms with Crippen molar-refractivity contribution < 1.29 is 4.74 Å². The van der Waals surface area contributed by atoms with Gasteiger partial charge in [-0.1, -0.05) is 53.7 Å². The van der Waals surface area contributed by atoms with E-state index in [1.54, 1.807) is 23.1 Å². The van der Waals surface area contributed by atoms with Crippen molar-refractivity contribution >= 4 is 34.7 Å². The number of rotatable bonds is 7. The van der Waals surface area contributed by atoms with E-state index in [4.69, 9.17) is 21.3 Å². The standard InChI is InChI=1S/C23H23ClN4OS2/c1-14-10-19(11-15(2)20(14)24)29-16(3)21-26-27-23(28(21)4)31-13-18-12-30-22(25-18)17-8-6-5-7-9-17/h5-12,16H,13H2,1-4H3. The highest BCUT2D eigenvalue weighted by Gasteiger charge is 2.18. The Kier molecular flexibility index (Phi) is 6.65. The first-order valence-corrected chi connectivity index (χ1v) is 12.1. The molecule has 160 valence electrons. The molecule has 0 aliphatic carbocycles. The Morgan fingerprint density at radius 2 is 1.84 bits per heavy atom. The molecule has 31 heavy (non-hydrogen) atoms. The van der Waals surface area contributed by atoms with Crippen molar-refractivity contribution in [2.24, 2.45) is 7.05 Å². The van der Waals surface area contributed by atoms with Crippen LogP contribution in [0.2, 0.25) is 5.02 Å². The minimum atomic E-state index is -0.240. The molecule has 2 heterocycles. The van der Waals surface area contributed by atoms with Crippen LogP contribution in [0, 0.1) is 13.8 Å². The van der Waals surface area contributed by atoms with Crippen LogP contribution in [0.4, 0.5) is 0 Å². The van der Waals surface area contributed by atoms with Gasteiger partial charge in [-0.05, 0) is 44.0 Å². The van der Waals surface area contributed by atoms with Gasteiger partial charge in [0.05, 0.1) is 5.69 Å². The maximum absolute atomic E-state index is 6.26. The van der Waals surface area contributed by atoms with Crippen LogP contribution in [-0.2, 0) is 12.8 Å². The maximum atomic E-state index is 6.26. The Morgan fingerprint density at radius 3 is 2.55 bits per heavy atom. The van der Waals surface area contributed by atoms with Crippen molar-refractivity contribution in [3.63, 3.8) is 0 Å². The van der Waals surface area contributed by atoms with Crippen molar-refractivity contribution in [2.45, 2.75) is 37.8 Å². The largest absolute Gasteiger partial charge is 0.483 e. The summed E-state index contributed by atoms with van der Waals surface area (Å²) in [7, 11) is 1.96. The van der Waals surface area contributed by atoms with Gasteiger partial charge in [0, 0.05) is 28.8 Å². The summed E-state index contributed by atoms with van der Waals surface area (Å²) in [6.45, 7) is 5.93. The number of ether oxygens (including phenoxy) is 1. The molecule has 0 bridgehead atoms. The van der Waals surface area contributed by atoms with E-state index in [1.165, 1.54) is 0 Å². The van der Waals surface area contributed by atoms with Crippen LogP contribution in [0.5, 0.6) is 5.75 Å². The highest BCUT2D eigenvalue weighted by molar-refractivity contribution is 7.98. The Bertz CT molecular complexity index is 1170. The summed E-state index contributed by atoms with van der Waals surface area (Å²) in [5.74, 6) is 2.29. The van der Waals surface area contributed by atoms with Gasteiger partial charge >= 0.3 is 0 Å². The summed E-state index contributed by atoms with van der Waals surface area (Å²) < 4.78 is 8.11. The van der Waals surface area contributed by atoms with Crippen molar-refractivity contribution in [2.75, 3.05) is 0 Å². The molecule has 0 radical (unpaired) electrons. The smallest absolute Gasteiger partial charge is 0.191 e. The second-order valence-electron chi connectivity index (χ2n) is 7.33. The van der Waals surface area contributed by atoms with E-state index in [2.05, 4.69) is 27.7 Å². The van der Waals surface area contributed by atoms with Gasteiger partial charge in [0.2, 0.25) is 0 Å². The number of aromatic nitrogens is 4. The molecule has 1 atom stereocenters. The lowest BCUT2D eigenvalue weighted by molar-refractivity contribution is 0.211. The maximum Gasteiger partial charge on any atom is 0.191 e. The van der Waals surface area contributed by atoms with Crippen LogP contribution in [0.15, 0.2) is 53.0 Å². The monoisotopic (exact) mass is 470 g/mol. The summed E-state index contributed by atoms with van der Waals surface area (Å²) in [6, 6.07) is 14.1. The molecule has 4 rings (SSSR count). The van der Waals surface area contributed by atoms with Crippen LogP contribution < -0.4 is 4.74 Å². The molecule has 4 aromatic rings. The fourth-order valence-corrected chi connectivity index (χ4v) is 5.11. The molecule has 5 nitrogen and oxygen atoms in total. The van der Waals surface area contributed by atoms with E-state index >= 15 is 0 Å². The van der Waals surface area contributed by atoms with Crippen LogP contribution in [0.25, 0.3) is 10.6 Å². The molecule has 2 aromatic carbocycles. The quantitative estimate of drug-likeness (QED) is 0.283. The normalized spacial score (nSPS) is 12.2. The molecule has 0 aliphatic rings. The fraction of sp³-hybridized carbons (Fsp3) is 0.261. The Labute approximate surface area is 195 Å². The second kappa shape index (κ2) is 9.42. The van der Waals surface area contributed by atoms with Crippen molar-refractivity contribution in [1.29, 1.82) is 0 Å². The number of hydrogen-bond donors (Lipinski definition) is 0. The first-order chi connectivity index (χ1) is 14.9. The first kappa shape index (κ1) is 21.9. The Morgan fingerprint density at radius 1 is 1.13 bits per heavy atom. The van der Waals surface area contributed by atoms with E-state index in [-0.39, 0.29) is 6.10 Å². The molecule has 0 saturated heterocycles. The van der Waals surface area contributed by atoms with Crippen molar-refractivity contribution in [3.8, 4) is 16.3 Å². The average molecular weight is 471 g/mol. The Balaban J connectivity index is 1.42. The van der Waals surface area contributed by atoms with Gasteiger partial charge in [-0.3, -0.25) is 0 Å². The summed E-state index contributed by atoms with van der Waals surface area (Å²) in [4.78, 5) is 4.75. The minimum absolute atomic E-state index is 0.240. The topological polar surface area (TPSA) is 52.8 Å². The number of benzene rings is 2. The predicted molar refractivity (Wildman–Crippen MR) is 128 cm³/mol. The molecule has 1 unspecified atom stereocenters. The fourth-order valence-electron chi connectivity index (χ4n) is 3.26. The lowest BCUT2D eigenvalue weighted by Gasteiger charge is -2.16. The molecule has 0 N–H and O–H groups in total. The highest BCUT2D eigenvalue weighted by atomic mass is 35.5. The van der Waals surface area contributed by atoms with Gasteiger partial charge < -0.3 is 9.30 Å². The molecule has 0 aliphatic heterocycles. The van der Waals surface area contributed by atoms with Crippen molar-refractivity contribution in [3.05, 3.63) is 75.5 Å². The van der Waals surface area contributed by atoms with Gasteiger partial charge in [0.15, 0.2) is 17.1 Å². The lowest BCUT2D eigenvalue weighted by atomic mass is 10.1. The molecule has 0 spiro atoms. The van der Waals surface area contributed by atoms with Crippen LogP contribution in [0.3, 0.4) is 0 Å². The average Bonchev–Trinajstić information content (AvgIpc) is 3.38. The SMILES string of the molecule is Cc1cc(OC(C)c2nnc(SCc3csc(-c4ccccc4)n3)n2C)cc(C)c1Cl. The zero-order valence-electron chi connectivity index (χ0n) is 17.8. The van der Waals surface area contributed by atoms with Crippen LogP contribution >= 0.6 is 34.7 Å². The zero-order chi connectivity index (χ0) is 22.0. The molecule has 0 saturated carbocycles. The molecule has 0 amide bonds. The zero-order valence-corrected chi connectivity index (χ0v) is 20.2. The highest BCUT2D eigenvalue weighted by Crippen LogP contribution is 2.30. The van der Waals surface area contributed by atoms with Crippen LogP contribution in [-0.4, -0.2) is 19.7 Å². The summed E-state index contributed by atoms with van der Waals surface area (Å²) in [5.41, 5.74) is 4.17. The number of hydrogen-bond acceptors (Lipinski definition) is 6. The first-order valence-electron chi connectivity index (χ1n) is 9.87. The van der Waals surface area contributed by atoms with Gasteiger partial charge in [0.25, 0.3) is 0 Å². The van der Waals surface area contributed by atoms with E-state index in [9.17, 15) is 0 Å². The number of thioether (sulfide) groups is 1. The van der Waals surface area contributed by atoms with Gasteiger partial charge in [-0.15, -0.1) is 21.5 Å².